The molecule has 0 atom stereocenters. The van der Waals surface area contributed by atoms with Gasteiger partial charge in [-0.05, 0) is 41.6 Å². The molecule has 0 saturated carbocycles. The number of hydrogen-bond donors (Lipinski definition) is 0. The van der Waals surface area contributed by atoms with Crippen molar-refractivity contribution in [2.45, 2.75) is 6.92 Å². The SMILES string of the molecule is Cc1c(-c2ccccc2)sc2ccc(Cl)cc12. The highest BCUT2D eigenvalue weighted by Crippen LogP contribution is 2.38. The lowest BCUT2D eigenvalue weighted by atomic mass is 10.1. The number of hydrogen-bond acceptors (Lipinski definition) is 1. The Bertz CT molecular complexity index is 668. The molecule has 3 rings (SSSR count). The topological polar surface area (TPSA) is 0 Å². The van der Waals surface area contributed by atoms with Crippen LogP contribution in [0, 0.1) is 6.92 Å². The van der Waals surface area contributed by atoms with Crippen molar-refractivity contribution >= 4 is 33.0 Å². The van der Waals surface area contributed by atoms with Gasteiger partial charge < -0.3 is 0 Å². The van der Waals surface area contributed by atoms with Crippen molar-refractivity contribution in [3.05, 3.63) is 59.1 Å². The lowest BCUT2D eigenvalue weighted by Crippen LogP contribution is -1.75. The van der Waals surface area contributed by atoms with Crippen LogP contribution in [0.5, 0.6) is 0 Å². The van der Waals surface area contributed by atoms with E-state index in [0.29, 0.717) is 0 Å². The summed E-state index contributed by atoms with van der Waals surface area (Å²) in [7, 11) is 0. The van der Waals surface area contributed by atoms with Gasteiger partial charge in [0, 0.05) is 14.6 Å². The molecular weight excluding hydrogens is 248 g/mol. The zero-order valence-corrected chi connectivity index (χ0v) is 11.0. The molecule has 0 fully saturated rings. The minimum Gasteiger partial charge on any atom is -0.135 e. The van der Waals surface area contributed by atoms with E-state index in [4.69, 9.17) is 11.6 Å². The fraction of sp³-hybridized carbons (Fsp3) is 0.0667. The Morgan fingerprint density at radius 3 is 2.53 bits per heavy atom. The lowest BCUT2D eigenvalue weighted by molar-refractivity contribution is 1.57. The van der Waals surface area contributed by atoms with Crippen molar-refractivity contribution in [3.63, 3.8) is 0 Å². The number of thiophene rings is 1. The van der Waals surface area contributed by atoms with E-state index in [1.165, 1.54) is 26.1 Å². The Balaban J connectivity index is 2.28. The summed E-state index contributed by atoms with van der Waals surface area (Å²) in [5, 5.41) is 2.07. The second-order valence-corrected chi connectivity index (χ2v) is 5.55. The van der Waals surface area contributed by atoms with E-state index in [-0.39, 0.29) is 0 Å². The number of aryl methyl sites for hydroxylation is 1. The maximum Gasteiger partial charge on any atom is 0.0413 e. The van der Waals surface area contributed by atoms with E-state index in [1.54, 1.807) is 0 Å². The Labute approximate surface area is 109 Å². The summed E-state index contributed by atoms with van der Waals surface area (Å²) in [5.74, 6) is 0. The molecule has 0 aliphatic carbocycles. The first-order chi connectivity index (χ1) is 8.25. The van der Waals surface area contributed by atoms with Crippen molar-refractivity contribution in [3.8, 4) is 10.4 Å². The molecule has 0 radical (unpaired) electrons. The molecule has 0 nitrogen and oxygen atoms in total. The smallest absolute Gasteiger partial charge is 0.0413 e. The van der Waals surface area contributed by atoms with Gasteiger partial charge in [-0.2, -0.15) is 0 Å². The van der Waals surface area contributed by atoms with Crippen LogP contribution in [0.25, 0.3) is 20.5 Å². The number of rotatable bonds is 1. The van der Waals surface area contributed by atoms with Gasteiger partial charge in [0.25, 0.3) is 0 Å². The van der Waals surface area contributed by atoms with Gasteiger partial charge in [0.2, 0.25) is 0 Å². The molecule has 1 heterocycles. The van der Waals surface area contributed by atoms with Crippen LogP contribution in [-0.2, 0) is 0 Å². The summed E-state index contributed by atoms with van der Waals surface area (Å²) in [6.45, 7) is 2.16. The first-order valence-corrected chi connectivity index (χ1v) is 6.69. The first kappa shape index (κ1) is 10.8. The minimum absolute atomic E-state index is 0.804. The van der Waals surface area contributed by atoms with Gasteiger partial charge >= 0.3 is 0 Å². The predicted octanol–water partition coefficient (Wildman–Crippen LogP) is 5.53. The predicted molar refractivity (Wildman–Crippen MR) is 77.0 cm³/mol. The molecule has 84 valence electrons. The molecule has 0 spiro atoms. The third-order valence-corrected chi connectivity index (χ3v) is 4.49. The Kier molecular flexibility index (Phi) is 2.65. The largest absolute Gasteiger partial charge is 0.135 e. The van der Waals surface area contributed by atoms with Gasteiger partial charge in [-0.3, -0.25) is 0 Å². The quantitative estimate of drug-likeness (QED) is 0.538. The summed E-state index contributed by atoms with van der Waals surface area (Å²) in [6, 6.07) is 16.6. The Hall–Kier alpha value is -1.31. The summed E-state index contributed by atoms with van der Waals surface area (Å²) in [6.07, 6.45) is 0. The van der Waals surface area contributed by atoms with Gasteiger partial charge in [-0.15, -0.1) is 11.3 Å². The van der Waals surface area contributed by atoms with E-state index >= 15 is 0 Å². The van der Waals surface area contributed by atoms with Crippen LogP contribution in [0.3, 0.4) is 0 Å². The molecule has 0 aliphatic rings. The highest BCUT2D eigenvalue weighted by Gasteiger charge is 2.09. The molecule has 3 aromatic rings. The van der Waals surface area contributed by atoms with Crippen LogP contribution in [0.2, 0.25) is 5.02 Å². The van der Waals surface area contributed by atoms with Gasteiger partial charge in [-0.1, -0.05) is 41.9 Å². The third kappa shape index (κ3) is 1.86. The van der Waals surface area contributed by atoms with Gasteiger partial charge in [0.05, 0.1) is 0 Å². The zero-order valence-electron chi connectivity index (χ0n) is 9.41. The number of halogens is 1. The van der Waals surface area contributed by atoms with Crippen molar-refractivity contribution in [1.29, 1.82) is 0 Å². The summed E-state index contributed by atoms with van der Waals surface area (Å²) < 4.78 is 1.30. The monoisotopic (exact) mass is 258 g/mol. The minimum atomic E-state index is 0.804. The van der Waals surface area contributed by atoms with Gasteiger partial charge in [0.15, 0.2) is 0 Å². The molecule has 0 saturated heterocycles. The second-order valence-electron chi connectivity index (χ2n) is 4.06. The van der Waals surface area contributed by atoms with E-state index in [9.17, 15) is 0 Å². The van der Waals surface area contributed by atoms with Crippen molar-refractivity contribution in [2.75, 3.05) is 0 Å². The molecule has 0 amide bonds. The average molecular weight is 259 g/mol. The molecule has 1 aromatic heterocycles. The van der Waals surface area contributed by atoms with Crippen LogP contribution >= 0.6 is 22.9 Å². The van der Waals surface area contributed by atoms with Crippen LogP contribution in [0.4, 0.5) is 0 Å². The highest BCUT2D eigenvalue weighted by molar-refractivity contribution is 7.22. The number of benzene rings is 2. The molecular formula is C15H11ClS. The Morgan fingerprint density at radius 2 is 1.76 bits per heavy atom. The van der Waals surface area contributed by atoms with Crippen LogP contribution < -0.4 is 0 Å². The lowest BCUT2D eigenvalue weighted by Gasteiger charge is -1.98. The molecule has 0 aliphatic heterocycles. The van der Waals surface area contributed by atoms with Crippen LogP contribution in [0.1, 0.15) is 5.56 Å². The average Bonchev–Trinajstić information content (AvgIpc) is 2.68. The van der Waals surface area contributed by atoms with E-state index < -0.39 is 0 Å². The molecule has 0 unspecified atom stereocenters. The van der Waals surface area contributed by atoms with Crippen molar-refractivity contribution < 1.29 is 0 Å². The molecule has 0 N–H and O–H groups in total. The maximum absolute atomic E-state index is 6.05. The van der Waals surface area contributed by atoms with Crippen LogP contribution in [0.15, 0.2) is 48.5 Å². The Morgan fingerprint density at radius 1 is 1.00 bits per heavy atom. The maximum atomic E-state index is 6.05. The van der Waals surface area contributed by atoms with Gasteiger partial charge in [-0.25, -0.2) is 0 Å². The van der Waals surface area contributed by atoms with Crippen molar-refractivity contribution in [1.82, 2.24) is 0 Å². The van der Waals surface area contributed by atoms with Crippen LogP contribution in [-0.4, -0.2) is 0 Å². The molecule has 2 aromatic carbocycles. The summed E-state index contributed by atoms with van der Waals surface area (Å²) in [5.41, 5.74) is 2.60. The standard InChI is InChI=1S/C15H11ClS/c1-10-13-9-12(16)7-8-14(13)17-15(10)11-5-3-2-4-6-11/h2-9H,1H3. The van der Waals surface area contributed by atoms with E-state index in [0.717, 1.165) is 5.02 Å². The first-order valence-electron chi connectivity index (χ1n) is 5.50. The normalized spacial score (nSPS) is 10.9. The summed E-state index contributed by atoms with van der Waals surface area (Å²) >= 11 is 7.88. The fourth-order valence-corrected chi connectivity index (χ4v) is 3.43. The molecule has 17 heavy (non-hydrogen) atoms. The van der Waals surface area contributed by atoms with E-state index in [1.807, 2.05) is 23.5 Å². The molecule has 2 heteroatoms. The fourth-order valence-electron chi connectivity index (χ4n) is 2.06. The second kappa shape index (κ2) is 4.17. The molecule has 0 bridgehead atoms. The highest BCUT2D eigenvalue weighted by atomic mass is 35.5. The van der Waals surface area contributed by atoms with E-state index in [2.05, 4.69) is 43.3 Å². The number of fused-ring (bicyclic) bond motifs is 1. The van der Waals surface area contributed by atoms with Gasteiger partial charge in [0.1, 0.15) is 0 Å². The van der Waals surface area contributed by atoms with Crippen molar-refractivity contribution in [2.24, 2.45) is 0 Å². The third-order valence-electron chi connectivity index (χ3n) is 2.93. The summed E-state index contributed by atoms with van der Waals surface area (Å²) in [4.78, 5) is 1.34. The zero-order chi connectivity index (χ0) is 11.8.